The van der Waals surface area contributed by atoms with Gasteiger partial charge in [-0.3, -0.25) is 4.90 Å². The number of hydrogen-bond donors (Lipinski definition) is 0. The van der Waals surface area contributed by atoms with E-state index in [0.717, 1.165) is 0 Å². The van der Waals surface area contributed by atoms with Gasteiger partial charge < -0.3 is 4.90 Å². The van der Waals surface area contributed by atoms with Crippen molar-refractivity contribution in [1.29, 1.82) is 0 Å². The number of aryl methyl sites for hydroxylation is 1. The van der Waals surface area contributed by atoms with Gasteiger partial charge in [0.05, 0.1) is 5.75 Å². The first-order chi connectivity index (χ1) is 11.1. The first kappa shape index (κ1) is 18.9. The summed E-state index contributed by atoms with van der Waals surface area (Å²) in [5, 5.41) is 0. The monoisotopic (exact) mass is 366 g/mol. The van der Waals surface area contributed by atoms with Crippen LogP contribution in [0.1, 0.15) is 12.1 Å². The number of aromatic nitrogens is 2. The van der Waals surface area contributed by atoms with Crippen LogP contribution in [0.2, 0.25) is 0 Å². The number of halogens is 3. The number of nitrogens with zero attached hydrogens (tertiary/aromatic N) is 4. The fraction of sp³-hybridized carbons (Fsp3) is 0.714. The SMILES string of the molecule is CS(=O)(=O)CCN1CCN(c2nccc(CCC(F)(F)F)n2)CC1. The molecule has 24 heavy (non-hydrogen) atoms. The molecule has 0 amide bonds. The summed E-state index contributed by atoms with van der Waals surface area (Å²) >= 11 is 0. The van der Waals surface area contributed by atoms with Gasteiger partial charge in [0.15, 0.2) is 0 Å². The van der Waals surface area contributed by atoms with Gasteiger partial charge in [0.1, 0.15) is 9.84 Å². The Morgan fingerprint density at radius 2 is 1.88 bits per heavy atom. The highest BCUT2D eigenvalue weighted by Gasteiger charge is 2.27. The fourth-order valence-electron chi connectivity index (χ4n) is 2.41. The van der Waals surface area contributed by atoms with Crippen LogP contribution in [0.4, 0.5) is 19.1 Å². The Morgan fingerprint density at radius 1 is 1.21 bits per heavy atom. The van der Waals surface area contributed by atoms with Crippen molar-refractivity contribution in [2.24, 2.45) is 0 Å². The van der Waals surface area contributed by atoms with Crippen LogP contribution < -0.4 is 4.90 Å². The number of hydrogen-bond acceptors (Lipinski definition) is 6. The minimum absolute atomic E-state index is 0.121. The van der Waals surface area contributed by atoms with Gasteiger partial charge in [0.2, 0.25) is 5.95 Å². The lowest BCUT2D eigenvalue weighted by molar-refractivity contribution is -0.134. The quantitative estimate of drug-likeness (QED) is 0.752. The number of sulfone groups is 1. The molecule has 1 aromatic heterocycles. The van der Waals surface area contributed by atoms with Crippen LogP contribution in [0, 0.1) is 0 Å². The normalized spacial score (nSPS) is 17.2. The van der Waals surface area contributed by atoms with Crippen LogP contribution >= 0.6 is 0 Å². The highest BCUT2D eigenvalue weighted by atomic mass is 32.2. The maximum Gasteiger partial charge on any atom is 0.389 e. The van der Waals surface area contributed by atoms with Gasteiger partial charge in [-0.25, -0.2) is 18.4 Å². The summed E-state index contributed by atoms with van der Waals surface area (Å²) in [6, 6.07) is 1.50. The molecule has 0 bridgehead atoms. The number of anilines is 1. The lowest BCUT2D eigenvalue weighted by Crippen LogP contribution is -2.48. The van der Waals surface area contributed by atoms with Crippen LogP contribution in [0.3, 0.4) is 0 Å². The molecular weight excluding hydrogens is 345 g/mol. The van der Waals surface area contributed by atoms with Crippen molar-refractivity contribution in [1.82, 2.24) is 14.9 Å². The Labute approximate surface area is 139 Å². The van der Waals surface area contributed by atoms with Gasteiger partial charge in [0, 0.05) is 57.3 Å². The van der Waals surface area contributed by atoms with Crippen LogP contribution in [0.25, 0.3) is 0 Å². The molecule has 6 nitrogen and oxygen atoms in total. The Balaban J connectivity index is 1.87. The molecule has 0 N–H and O–H groups in total. The third-order valence-electron chi connectivity index (χ3n) is 3.80. The number of rotatable bonds is 6. The molecule has 0 atom stereocenters. The van der Waals surface area contributed by atoms with E-state index in [0.29, 0.717) is 44.4 Å². The molecule has 0 radical (unpaired) electrons. The Hall–Kier alpha value is -1.42. The summed E-state index contributed by atoms with van der Waals surface area (Å²) < 4.78 is 59.3. The van der Waals surface area contributed by atoms with Gasteiger partial charge in [-0.15, -0.1) is 0 Å². The molecule has 1 fully saturated rings. The molecule has 0 aromatic carbocycles. The molecule has 1 saturated heterocycles. The highest BCUT2D eigenvalue weighted by Crippen LogP contribution is 2.22. The van der Waals surface area contributed by atoms with Crippen molar-refractivity contribution in [3.8, 4) is 0 Å². The molecule has 0 saturated carbocycles. The maximum absolute atomic E-state index is 12.3. The van der Waals surface area contributed by atoms with E-state index in [2.05, 4.69) is 9.97 Å². The molecule has 136 valence electrons. The smallest absolute Gasteiger partial charge is 0.338 e. The Kier molecular flexibility index (Phi) is 6.02. The zero-order valence-electron chi connectivity index (χ0n) is 13.5. The van der Waals surface area contributed by atoms with Crippen molar-refractivity contribution in [3.05, 3.63) is 18.0 Å². The number of alkyl halides is 3. The van der Waals surface area contributed by atoms with E-state index in [1.165, 1.54) is 18.5 Å². The first-order valence-corrected chi connectivity index (χ1v) is 9.72. The van der Waals surface area contributed by atoms with E-state index in [1.807, 2.05) is 9.80 Å². The lowest BCUT2D eigenvalue weighted by Gasteiger charge is -2.34. The molecule has 1 aliphatic rings. The third kappa shape index (κ3) is 6.60. The summed E-state index contributed by atoms with van der Waals surface area (Å²) in [6.45, 7) is 3.06. The third-order valence-corrected chi connectivity index (χ3v) is 4.72. The van der Waals surface area contributed by atoms with Crippen molar-refractivity contribution in [2.75, 3.05) is 49.6 Å². The highest BCUT2D eigenvalue weighted by molar-refractivity contribution is 7.90. The zero-order chi connectivity index (χ0) is 17.8. The summed E-state index contributed by atoms with van der Waals surface area (Å²) in [5.74, 6) is 0.550. The van der Waals surface area contributed by atoms with Gasteiger partial charge in [-0.05, 0) is 12.5 Å². The zero-order valence-corrected chi connectivity index (χ0v) is 14.3. The van der Waals surface area contributed by atoms with E-state index in [1.54, 1.807) is 0 Å². The van der Waals surface area contributed by atoms with Crippen molar-refractivity contribution >= 4 is 15.8 Å². The second-order valence-electron chi connectivity index (χ2n) is 5.92. The van der Waals surface area contributed by atoms with Crippen molar-refractivity contribution in [3.63, 3.8) is 0 Å². The molecular formula is C14H21F3N4O2S. The van der Waals surface area contributed by atoms with E-state index in [-0.39, 0.29) is 12.2 Å². The van der Waals surface area contributed by atoms with E-state index < -0.39 is 22.4 Å². The Bertz CT molecular complexity index is 644. The number of piperazine rings is 1. The molecule has 1 aliphatic heterocycles. The first-order valence-electron chi connectivity index (χ1n) is 7.66. The molecule has 1 aromatic rings. The largest absolute Gasteiger partial charge is 0.389 e. The topological polar surface area (TPSA) is 66.4 Å². The van der Waals surface area contributed by atoms with Crippen molar-refractivity contribution in [2.45, 2.75) is 19.0 Å². The maximum atomic E-state index is 12.3. The standard InChI is InChI=1S/C14H21F3N4O2S/c1-24(22,23)11-10-20-6-8-21(9-7-20)13-18-5-3-12(19-13)2-4-14(15,16)17/h3,5H,2,4,6-11H2,1H3. The average Bonchev–Trinajstić information content (AvgIpc) is 2.50. The van der Waals surface area contributed by atoms with E-state index in [4.69, 9.17) is 0 Å². The summed E-state index contributed by atoms with van der Waals surface area (Å²) in [4.78, 5) is 12.3. The van der Waals surface area contributed by atoms with Crippen LogP contribution in [-0.2, 0) is 16.3 Å². The van der Waals surface area contributed by atoms with Gasteiger partial charge in [0.25, 0.3) is 0 Å². The van der Waals surface area contributed by atoms with Gasteiger partial charge >= 0.3 is 6.18 Å². The van der Waals surface area contributed by atoms with Gasteiger partial charge in [-0.1, -0.05) is 0 Å². The minimum atomic E-state index is -4.20. The molecule has 10 heteroatoms. The molecule has 0 unspecified atom stereocenters. The van der Waals surface area contributed by atoms with E-state index >= 15 is 0 Å². The van der Waals surface area contributed by atoms with Crippen LogP contribution in [-0.4, -0.2) is 74.2 Å². The second-order valence-corrected chi connectivity index (χ2v) is 8.18. The minimum Gasteiger partial charge on any atom is -0.338 e. The second kappa shape index (κ2) is 7.64. The Morgan fingerprint density at radius 3 is 2.46 bits per heavy atom. The van der Waals surface area contributed by atoms with Crippen molar-refractivity contribution < 1.29 is 21.6 Å². The predicted octanol–water partition coefficient (Wildman–Crippen LogP) is 1.14. The van der Waals surface area contributed by atoms with E-state index in [9.17, 15) is 21.6 Å². The fourth-order valence-corrected chi connectivity index (χ4v) is 3.00. The molecule has 0 spiro atoms. The van der Waals surface area contributed by atoms with Crippen LogP contribution in [0.15, 0.2) is 12.3 Å². The summed E-state index contributed by atoms with van der Waals surface area (Å²) in [5.41, 5.74) is 0.372. The molecule has 0 aliphatic carbocycles. The summed E-state index contributed by atoms with van der Waals surface area (Å²) in [6.07, 6.45) is -2.57. The molecule has 2 rings (SSSR count). The summed E-state index contributed by atoms with van der Waals surface area (Å²) in [7, 11) is -2.99. The average molecular weight is 366 g/mol. The lowest BCUT2D eigenvalue weighted by atomic mass is 10.2. The predicted molar refractivity (Wildman–Crippen MR) is 84.8 cm³/mol. The van der Waals surface area contributed by atoms with Crippen LogP contribution in [0.5, 0.6) is 0 Å². The molecule has 2 heterocycles. The van der Waals surface area contributed by atoms with Gasteiger partial charge in [-0.2, -0.15) is 13.2 Å².